The van der Waals surface area contributed by atoms with Gasteiger partial charge in [-0.1, -0.05) is 0 Å². The number of hydrogen-bond acceptors (Lipinski definition) is 4. The van der Waals surface area contributed by atoms with E-state index in [0.717, 1.165) is 25.9 Å². The van der Waals surface area contributed by atoms with Crippen LogP contribution in [0.5, 0.6) is 0 Å². The quantitative estimate of drug-likeness (QED) is 0.784. The van der Waals surface area contributed by atoms with Gasteiger partial charge in [0.2, 0.25) is 0 Å². The monoisotopic (exact) mass is 230 g/mol. The predicted octanol–water partition coefficient (Wildman–Crippen LogP) is 0.716. The summed E-state index contributed by atoms with van der Waals surface area (Å²) in [5, 5.41) is 3.90. The lowest BCUT2D eigenvalue weighted by Gasteiger charge is -2.24. The number of nitrogens with zero attached hydrogens (tertiary/aromatic N) is 3. The third kappa shape index (κ3) is 1.82. The number of rotatable bonds is 1. The third-order valence-electron chi connectivity index (χ3n) is 3.22. The maximum Gasteiger partial charge on any atom is 0.263 e. The first-order chi connectivity index (χ1) is 8.36. The number of fused-ring (bicyclic) bond motifs is 1. The zero-order valence-electron chi connectivity index (χ0n) is 9.47. The number of aromatic nitrogens is 3. The molecular weight excluding hydrogens is 216 g/mol. The molecule has 0 aliphatic carbocycles. The molecule has 1 fully saturated rings. The molecule has 1 aliphatic heterocycles. The first kappa shape index (κ1) is 10.4. The maximum atomic E-state index is 12.3. The van der Waals surface area contributed by atoms with Crippen LogP contribution < -0.4 is 10.9 Å². The van der Waals surface area contributed by atoms with E-state index in [9.17, 15) is 4.79 Å². The molecule has 17 heavy (non-hydrogen) atoms. The summed E-state index contributed by atoms with van der Waals surface area (Å²) in [6, 6.07) is 3.77. The van der Waals surface area contributed by atoms with Gasteiger partial charge in [-0.05, 0) is 31.5 Å². The molecule has 1 N–H and O–H groups in total. The highest BCUT2D eigenvalue weighted by Crippen LogP contribution is 2.14. The summed E-state index contributed by atoms with van der Waals surface area (Å²) >= 11 is 0. The van der Waals surface area contributed by atoms with Crippen LogP contribution in [0, 0.1) is 0 Å². The fraction of sp³-hybridized carbons (Fsp3) is 0.417. The van der Waals surface area contributed by atoms with E-state index in [1.807, 2.05) is 0 Å². The van der Waals surface area contributed by atoms with Gasteiger partial charge in [-0.15, -0.1) is 0 Å². The fourth-order valence-corrected chi connectivity index (χ4v) is 2.31. The van der Waals surface area contributed by atoms with Crippen molar-refractivity contribution >= 4 is 11.0 Å². The normalized spacial score (nSPS) is 20.6. The highest BCUT2D eigenvalue weighted by molar-refractivity contribution is 5.72. The molecule has 0 amide bonds. The van der Waals surface area contributed by atoms with Crippen molar-refractivity contribution < 1.29 is 0 Å². The molecule has 0 unspecified atom stereocenters. The largest absolute Gasteiger partial charge is 0.315 e. The van der Waals surface area contributed by atoms with Crippen LogP contribution in [0.3, 0.4) is 0 Å². The van der Waals surface area contributed by atoms with Gasteiger partial charge >= 0.3 is 0 Å². The van der Waals surface area contributed by atoms with Gasteiger partial charge in [0.05, 0.1) is 11.4 Å². The topological polar surface area (TPSA) is 59.8 Å². The minimum Gasteiger partial charge on any atom is -0.315 e. The SMILES string of the molecule is O=c1c2cccnc2ncn1[C@@H]1CCCNC1. The van der Waals surface area contributed by atoms with Crippen molar-refractivity contribution in [3.05, 3.63) is 35.0 Å². The summed E-state index contributed by atoms with van der Waals surface area (Å²) in [6.45, 7) is 1.88. The van der Waals surface area contributed by atoms with Crippen LogP contribution in [0.4, 0.5) is 0 Å². The van der Waals surface area contributed by atoms with E-state index < -0.39 is 0 Å². The predicted molar refractivity (Wildman–Crippen MR) is 64.9 cm³/mol. The summed E-state index contributed by atoms with van der Waals surface area (Å²) in [7, 11) is 0. The summed E-state index contributed by atoms with van der Waals surface area (Å²) in [5.41, 5.74) is 0.536. The Balaban J connectivity index is 2.11. The van der Waals surface area contributed by atoms with Gasteiger partial charge < -0.3 is 5.32 Å². The average molecular weight is 230 g/mol. The Labute approximate surface area is 98.5 Å². The van der Waals surface area contributed by atoms with E-state index in [2.05, 4.69) is 15.3 Å². The number of piperidine rings is 1. The first-order valence-corrected chi connectivity index (χ1v) is 5.89. The molecule has 0 bridgehead atoms. The number of nitrogens with one attached hydrogen (secondary N) is 1. The molecule has 2 aromatic heterocycles. The minimum atomic E-state index is 0.0109. The van der Waals surface area contributed by atoms with Crippen molar-refractivity contribution in [1.82, 2.24) is 19.9 Å². The summed E-state index contributed by atoms with van der Waals surface area (Å²) < 4.78 is 1.73. The Morgan fingerprint density at radius 1 is 1.41 bits per heavy atom. The molecule has 1 aliphatic rings. The first-order valence-electron chi connectivity index (χ1n) is 5.89. The smallest absolute Gasteiger partial charge is 0.263 e. The van der Waals surface area contributed by atoms with E-state index in [4.69, 9.17) is 0 Å². The molecule has 88 valence electrons. The lowest BCUT2D eigenvalue weighted by molar-refractivity contribution is 0.363. The zero-order chi connectivity index (χ0) is 11.7. The van der Waals surface area contributed by atoms with E-state index >= 15 is 0 Å². The molecule has 5 nitrogen and oxygen atoms in total. The Morgan fingerprint density at radius 2 is 2.35 bits per heavy atom. The van der Waals surface area contributed by atoms with Gasteiger partial charge in [-0.2, -0.15) is 0 Å². The standard InChI is InChI=1S/C12H14N4O/c17-12-10-4-2-6-14-11(10)15-8-16(12)9-3-1-5-13-7-9/h2,4,6,8-9,13H,1,3,5,7H2/t9-/m1/s1. The Kier molecular flexibility index (Phi) is 2.60. The molecule has 1 atom stereocenters. The Hall–Kier alpha value is -1.75. The van der Waals surface area contributed by atoms with Crippen LogP contribution in [-0.2, 0) is 0 Å². The molecule has 1 saturated heterocycles. The zero-order valence-corrected chi connectivity index (χ0v) is 9.47. The lowest BCUT2D eigenvalue weighted by atomic mass is 10.1. The van der Waals surface area contributed by atoms with E-state index in [0.29, 0.717) is 11.0 Å². The Bertz CT molecular complexity index is 586. The molecule has 3 rings (SSSR count). The second-order valence-electron chi connectivity index (χ2n) is 4.33. The van der Waals surface area contributed by atoms with Crippen molar-refractivity contribution in [1.29, 1.82) is 0 Å². The average Bonchev–Trinajstić information content (AvgIpc) is 2.40. The summed E-state index contributed by atoms with van der Waals surface area (Å²) in [4.78, 5) is 20.6. The van der Waals surface area contributed by atoms with Crippen molar-refractivity contribution in [2.45, 2.75) is 18.9 Å². The fourth-order valence-electron chi connectivity index (χ4n) is 2.31. The van der Waals surface area contributed by atoms with Gasteiger partial charge in [-0.25, -0.2) is 9.97 Å². The van der Waals surface area contributed by atoms with Gasteiger partial charge in [0.1, 0.15) is 6.33 Å². The Morgan fingerprint density at radius 3 is 3.18 bits per heavy atom. The van der Waals surface area contributed by atoms with Crippen LogP contribution in [0.1, 0.15) is 18.9 Å². The molecule has 0 spiro atoms. The van der Waals surface area contributed by atoms with E-state index in [1.54, 1.807) is 29.2 Å². The molecule has 2 aromatic rings. The van der Waals surface area contributed by atoms with Gasteiger partial charge in [-0.3, -0.25) is 9.36 Å². The number of hydrogen-bond donors (Lipinski definition) is 1. The van der Waals surface area contributed by atoms with Gasteiger partial charge in [0.15, 0.2) is 5.65 Å². The maximum absolute atomic E-state index is 12.3. The van der Waals surface area contributed by atoms with Crippen molar-refractivity contribution in [2.24, 2.45) is 0 Å². The highest BCUT2D eigenvalue weighted by atomic mass is 16.1. The van der Waals surface area contributed by atoms with Crippen LogP contribution in [-0.4, -0.2) is 27.6 Å². The number of pyridine rings is 1. The van der Waals surface area contributed by atoms with Gasteiger partial charge in [0, 0.05) is 12.7 Å². The van der Waals surface area contributed by atoms with Gasteiger partial charge in [0.25, 0.3) is 5.56 Å². The highest BCUT2D eigenvalue weighted by Gasteiger charge is 2.17. The van der Waals surface area contributed by atoms with Crippen molar-refractivity contribution in [3.8, 4) is 0 Å². The molecule has 3 heterocycles. The molecule has 5 heteroatoms. The van der Waals surface area contributed by atoms with Crippen LogP contribution in [0.15, 0.2) is 29.5 Å². The van der Waals surface area contributed by atoms with Crippen molar-refractivity contribution in [2.75, 3.05) is 13.1 Å². The summed E-state index contributed by atoms with van der Waals surface area (Å²) in [6.07, 6.45) is 5.40. The van der Waals surface area contributed by atoms with Crippen molar-refractivity contribution in [3.63, 3.8) is 0 Å². The molecule has 0 saturated carbocycles. The molecule has 0 aromatic carbocycles. The third-order valence-corrected chi connectivity index (χ3v) is 3.22. The van der Waals surface area contributed by atoms with Crippen LogP contribution >= 0.6 is 0 Å². The minimum absolute atomic E-state index is 0.0109. The lowest BCUT2D eigenvalue weighted by Crippen LogP contribution is -2.36. The van der Waals surface area contributed by atoms with Crippen LogP contribution in [0.2, 0.25) is 0 Å². The molecular formula is C12H14N4O. The van der Waals surface area contributed by atoms with Crippen LogP contribution in [0.25, 0.3) is 11.0 Å². The van der Waals surface area contributed by atoms with E-state index in [1.165, 1.54) is 0 Å². The molecule has 0 radical (unpaired) electrons. The second-order valence-corrected chi connectivity index (χ2v) is 4.33. The van der Waals surface area contributed by atoms with E-state index in [-0.39, 0.29) is 11.6 Å². The summed E-state index contributed by atoms with van der Waals surface area (Å²) in [5.74, 6) is 0. The second kappa shape index (κ2) is 4.25.